The maximum Gasteiger partial charge on any atom is 0.257 e. The molecule has 25 heavy (non-hydrogen) atoms. The zero-order chi connectivity index (χ0) is 17.4. The second-order valence-corrected chi connectivity index (χ2v) is 7.07. The number of carbonyl (C=O) groups is 1. The number of hydrogen-bond acceptors (Lipinski definition) is 4. The number of halogens is 1. The SMILES string of the molecule is [C-]#[N+]c1ccc(OC2CC3(C2)CN(C(=O)c2cncnc2)C3)cc1Cl. The summed E-state index contributed by atoms with van der Waals surface area (Å²) in [5.41, 5.74) is 1.13. The molecular formula is C18H15ClN4O2. The smallest absolute Gasteiger partial charge is 0.257 e. The Labute approximate surface area is 150 Å². The van der Waals surface area contributed by atoms with Crippen LogP contribution in [0.25, 0.3) is 4.85 Å². The number of benzene rings is 1. The first-order valence-electron chi connectivity index (χ1n) is 7.97. The van der Waals surface area contributed by atoms with E-state index in [0.717, 1.165) is 25.9 Å². The van der Waals surface area contributed by atoms with Gasteiger partial charge in [0, 0.05) is 30.9 Å². The lowest BCUT2D eigenvalue weighted by Crippen LogP contribution is -2.65. The van der Waals surface area contributed by atoms with Crippen LogP contribution in [0.4, 0.5) is 5.69 Å². The minimum absolute atomic E-state index is 0.0166. The maximum absolute atomic E-state index is 12.3. The molecule has 2 aliphatic rings. The van der Waals surface area contributed by atoms with Crippen molar-refractivity contribution in [2.75, 3.05) is 13.1 Å². The van der Waals surface area contributed by atoms with Gasteiger partial charge in [-0.3, -0.25) is 4.79 Å². The highest BCUT2D eigenvalue weighted by atomic mass is 35.5. The zero-order valence-electron chi connectivity index (χ0n) is 13.4. The van der Waals surface area contributed by atoms with Gasteiger partial charge < -0.3 is 9.64 Å². The average molecular weight is 355 g/mol. The Kier molecular flexibility index (Phi) is 3.81. The lowest BCUT2D eigenvalue weighted by molar-refractivity contribution is -0.103. The molecular weight excluding hydrogens is 340 g/mol. The molecule has 1 aliphatic carbocycles. The van der Waals surface area contributed by atoms with Gasteiger partial charge in [-0.25, -0.2) is 14.8 Å². The van der Waals surface area contributed by atoms with E-state index in [-0.39, 0.29) is 17.4 Å². The molecule has 7 heteroatoms. The summed E-state index contributed by atoms with van der Waals surface area (Å²) < 4.78 is 5.93. The second kappa shape index (κ2) is 6.01. The molecule has 0 bridgehead atoms. The number of rotatable bonds is 3. The van der Waals surface area contributed by atoms with Crippen molar-refractivity contribution in [3.63, 3.8) is 0 Å². The number of aromatic nitrogens is 2. The summed E-state index contributed by atoms with van der Waals surface area (Å²) in [6.07, 6.45) is 6.48. The van der Waals surface area contributed by atoms with Gasteiger partial charge in [0.2, 0.25) is 5.69 Å². The van der Waals surface area contributed by atoms with E-state index in [4.69, 9.17) is 22.9 Å². The van der Waals surface area contributed by atoms with Crippen LogP contribution in [-0.4, -0.2) is 40.0 Å². The van der Waals surface area contributed by atoms with Crippen molar-refractivity contribution in [1.29, 1.82) is 0 Å². The van der Waals surface area contributed by atoms with E-state index in [1.54, 1.807) is 30.6 Å². The molecule has 2 heterocycles. The van der Waals surface area contributed by atoms with Crippen molar-refractivity contribution >= 4 is 23.2 Å². The molecule has 1 amide bonds. The summed E-state index contributed by atoms with van der Waals surface area (Å²) in [7, 11) is 0. The Morgan fingerprint density at radius 2 is 2.04 bits per heavy atom. The average Bonchev–Trinajstić information content (AvgIpc) is 2.56. The zero-order valence-corrected chi connectivity index (χ0v) is 14.1. The van der Waals surface area contributed by atoms with Crippen LogP contribution in [0.15, 0.2) is 36.9 Å². The number of nitrogens with zero attached hydrogens (tertiary/aromatic N) is 4. The molecule has 126 valence electrons. The minimum atomic E-state index is -0.0166. The Bertz CT molecular complexity index is 851. The third-order valence-corrected chi connectivity index (χ3v) is 5.11. The van der Waals surface area contributed by atoms with Gasteiger partial charge in [0.15, 0.2) is 0 Å². The number of amides is 1. The Hall–Kier alpha value is -2.65. The number of ether oxygens (including phenoxy) is 1. The van der Waals surface area contributed by atoms with Gasteiger partial charge in [0.1, 0.15) is 18.2 Å². The molecule has 1 saturated carbocycles. The van der Waals surface area contributed by atoms with Gasteiger partial charge in [-0.15, -0.1) is 0 Å². The van der Waals surface area contributed by atoms with Crippen LogP contribution in [0.1, 0.15) is 23.2 Å². The van der Waals surface area contributed by atoms with Crippen LogP contribution in [0.5, 0.6) is 5.75 Å². The highest BCUT2D eigenvalue weighted by Gasteiger charge is 2.54. The molecule has 2 fully saturated rings. The molecule has 2 aromatic rings. The van der Waals surface area contributed by atoms with E-state index in [9.17, 15) is 4.79 Å². The summed E-state index contributed by atoms with van der Waals surface area (Å²) >= 11 is 6.03. The van der Waals surface area contributed by atoms with Crippen LogP contribution in [-0.2, 0) is 0 Å². The predicted octanol–water partition coefficient (Wildman–Crippen LogP) is 3.36. The van der Waals surface area contributed by atoms with E-state index in [0.29, 0.717) is 22.0 Å². The summed E-state index contributed by atoms with van der Waals surface area (Å²) in [6, 6.07) is 5.13. The van der Waals surface area contributed by atoms with Crippen molar-refractivity contribution in [1.82, 2.24) is 14.9 Å². The van der Waals surface area contributed by atoms with Crippen molar-refractivity contribution in [2.24, 2.45) is 5.41 Å². The van der Waals surface area contributed by atoms with Crippen LogP contribution < -0.4 is 4.74 Å². The molecule has 1 saturated heterocycles. The van der Waals surface area contributed by atoms with Gasteiger partial charge in [-0.2, -0.15) is 0 Å². The molecule has 0 atom stereocenters. The van der Waals surface area contributed by atoms with E-state index in [2.05, 4.69) is 14.8 Å². The Balaban J connectivity index is 1.30. The van der Waals surface area contributed by atoms with Crippen LogP contribution in [0, 0.1) is 12.0 Å². The second-order valence-electron chi connectivity index (χ2n) is 6.66. The molecule has 1 aromatic heterocycles. The van der Waals surface area contributed by atoms with Gasteiger partial charge >= 0.3 is 0 Å². The fourth-order valence-corrected chi connectivity index (χ4v) is 3.80. The normalized spacial score (nSPS) is 18.2. The first-order chi connectivity index (χ1) is 12.1. The van der Waals surface area contributed by atoms with E-state index in [1.165, 1.54) is 6.33 Å². The Morgan fingerprint density at radius 1 is 1.32 bits per heavy atom. The lowest BCUT2D eigenvalue weighted by atomic mass is 9.61. The van der Waals surface area contributed by atoms with Gasteiger partial charge in [-0.1, -0.05) is 17.7 Å². The quantitative estimate of drug-likeness (QED) is 0.793. The van der Waals surface area contributed by atoms with E-state index < -0.39 is 0 Å². The number of likely N-dealkylation sites (tertiary alicyclic amines) is 1. The number of carbonyl (C=O) groups excluding carboxylic acids is 1. The first-order valence-corrected chi connectivity index (χ1v) is 8.34. The lowest BCUT2D eigenvalue weighted by Gasteiger charge is -2.58. The fraction of sp³-hybridized carbons (Fsp3) is 0.333. The van der Waals surface area contributed by atoms with Gasteiger partial charge in [0.05, 0.1) is 17.2 Å². The Morgan fingerprint density at radius 3 is 2.68 bits per heavy atom. The monoisotopic (exact) mass is 354 g/mol. The molecule has 0 unspecified atom stereocenters. The third-order valence-electron chi connectivity index (χ3n) is 4.81. The molecule has 0 N–H and O–H groups in total. The summed E-state index contributed by atoms with van der Waals surface area (Å²) in [5, 5.41) is 0.409. The van der Waals surface area contributed by atoms with Crippen LogP contribution in [0.3, 0.4) is 0 Å². The summed E-state index contributed by atoms with van der Waals surface area (Å²) in [4.78, 5) is 25.2. The standard InChI is InChI=1S/C18H15ClN4O2/c1-20-16-3-2-13(4-15(16)19)25-14-5-18(6-14)9-23(10-18)17(24)12-7-21-11-22-8-12/h2-4,7-8,11,14H,5-6,9-10H2. The van der Waals surface area contributed by atoms with Crippen molar-refractivity contribution in [3.05, 3.63) is 58.9 Å². The minimum Gasteiger partial charge on any atom is -0.490 e. The van der Waals surface area contributed by atoms with Crippen LogP contribution >= 0.6 is 11.6 Å². The first kappa shape index (κ1) is 15.9. The molecule has 1 aliphatic heterocycles. The summed E-state index contributed by atoms with van der Waals surface area (Å²) in [6.45, 7) is 8.50. The molecule has 0 radical (unpaired) electrons. The topological polar surface area (TPSA) is 59.7 Å². The number of hydrogen-bond donors (Lipinski definition) is 0. The molecule has 6 nitrogen and oxygen atoms in total. The molecule has 1 aromatic carbocycles. The van der Waals surface area contributed by atoms with Crippen molar-refractivity contribution in [3.8, 4) is 5.75 Å². The predicted molar refractivity (Wildman–Crippen MR) is 91.7 cm³/mol. The van der Waals surface area contributed by atoms with Crippen LogP contribution in [0.2, 0.25) is 5.02 Å². The molecule has 1 spiro atoms. The fourth-order valence-electron chi connectivity index (χ4n) is 3.59. The highest BCUT2D eigenvalue weighted by molar-refractivity contribution is 6.33. The highest BCUT2D eigenvalue weighted by Crippen LogP contribution is 2.50. The van der Waals surface area contributed by atoms with E-state index >= 15 is 0 Å². The van der Waals surface area contributed by atoms with Crippen molar-refractivity contribution < 1.29 is 9.53 Å². The van der Waals surface area contributed by atoms with Gasteiger partial charge in [0.25, 0.3) is 5.91 Å². The maximum atomic E-state index is 12.3. The van der Waals surface area contributed by atoms with E-state index in [1.807, 2.05) is 4.90 Å². The third kappa shape index (κ3) is 2.92. The van der Waals surface area contributed by atoms with Gasteiger partial charge in [-0.05, 0) is 25.0 Å². The summed E-state index contributed by atoms with van der Waals surface area (Å²) in [5.74, 6) is 0.669. The molecule has 4 rings (SSSR count). The van der Waals surface area contributed by atoms with Crippen molar-refractivity contribution in [2.45, 2.75) is 18.9 Å². The largest absolute Gasteiger partial charge is 0.490 e.